The lowest BCUT2D eigenvalue weighted by atomic mass is 10.0. The summed E-state index contributed by atoms with van der Waals surface area (Å²) in [6.07, 6.45) is -1.06. The van der Waals surface area contributed by atoms with Crippen LogP contribution in [0.15, 0.2) is 54.6 Å². The van der Waals surface area contributed by atoms with Crippen LogP contribution in [0.2, 0.25) is 0 Å². The lowest BCUT2D eigenvalue weighted by molar-refractivity contribution is -0.182. The van der Waals surface area contributed by atoms with E-state index in [0.717, 1.165) is 28.6 Å². The summed E-state index contributed by atoms with van der Waals surface area (Å²) in [4.78, 5) is 52.2. The second-order valence-corrected chi connectivity index (χ2v) is 11.5. The van der Waals surface area contributed by atoms with E-state index in [-0.39, 0.29) is 30.2 Å². The summed E-state index contributed by atoms with van der Waals surface area (Å²) in [7, 11) is 1.54. The fraction of sp³-hybridized carbons (Fsp3) is 0.448. The van der Waals surface area contributed by atoms with Crippen LogP contribution < -0.4 is 10.1 Å². The van der Waals surface area contributed by atoms with Gasteiger partial charge >= 0.3 is 5.97 Å². The van der Waals surface area contributed by atoms with Crippen LogP contribution in [-0.4, -0.2) is 75.8 Å². The summed E-state index contributed by atoms with van der Waals surface area (Å²) in [5.41, 5.74) is 1.05. The number of rotatable bonds is 12. The molecule has 214 valence electrons. The predicted molar refractivity (Wildman–Crippen MR) is 147 cm³/mol. The minimum atomic E-state index is -1.90. The van der Waals surface area contributed by atoms with Gasteiger partial charge in [0.05, 0.1) is 24.9 Å². The Labute approximate surface area is 237 Å². The maximum absolute atomic E-state index is 13.0. The van der Waals surface area contributed by atoms with Crippen molar-refractivity contribution in [2.24, 2.45) is 0 Å². The highest BCUT2D eigenvalue weighted by Crippen LogP contribution is 2.35. The molecule has 0 radical (unpaired) electrons. The van der Waals surface area contributed by atoms with Gasteiger partial charge in [0, 0.05) is 0 Å². The van der Waals surface area contributed by atoms with E-state index in [4.69, 9.17) is 14.2 Å². The second kappa shape index (κ2) is 12.8. The van der Waals surface area contributed by atoms with Crippen molar-refractivity contribution in [3.63, 3.8) is 0 Å². The maximum atomic E-state index is 13.0. The smallest absolute Gasteiger partial charge is 0.356 e. The number of amides is 2. The summed E-state index contributed by atoms with van der Waals surface area (Å²) >= 11 is 1.07. The fourth-order valence-electron chi connectivity index (χ4n) is 4.59. The van der Waals surface area contributed by atoms with E-state index in [9.17, 15) is 24.3 Å². The van der Waals surface area contributed by atoms with Crippen LogP contribution in [0.5, 0.6) is 5.75 Å². The molecular weight excluding hydrogens is 536 g/mol. The van der Waals surface area contributed by atoms with Gasteiger partial charge in [0.2, 0.25) is 12.1 Å². The summed E-state index contributed by atoms with van der Waals surface area (Å²) < 4.78 is 16.2. The minimum absolute atomic E-state index is 0.0200. The molecule has 1 unspecified atom stereocenters. The molecule has 2 heterocycles. The Hall–Kier alpha value is -3.41. The molecule has 0 bridgehead atoms. The van der Waals surface area contributed by atoms with Crippen molar-refractivity contribution in [2.75, 3.05) is 12.9 Å². The number of ether oxygens (including phenoxy) is 3. The van der Waals surface area contributed by atoms with Gasteiger partial charge in [0.1, 0.15) is 29.9 Å². The van der Waals surface area contributed by atoms with Crippen molar-refractivity contribution < 1.29 is 38.5 Å². The molecule has 2 aromatic carbocycles. The van der Waals surface area contributed by atoms with Crippen LogP contribution in [0.4, 0.5) is 0 Å². The third-order valence-electron chi connectivity index (χ3n) is 6.84. The molecule has 0 saturated carbocycles. The van der Waals surface area contributed by atoms with Crippen LogP contribution >= 0.6 is 11.8 Å². The molecule has 2 amide bonds. The normalized spacial score (nSPS) is 22.2. The Morgan fingerprint density at radius 3 is 2.45 bits per heavy atom. The molecular formula is C29H34N2O8S. The van der Waals surface area contributed by atoms with E-state index >= 15 is 0 Å². The molecule has 2 aliphatic rings. The number of β-lactam (4-membered cyclic amide) rings is 1. The molecule has 0 aliphatic carbocycles. The van der Waals surface area contributed by atoms with Gasteiger partial charge in [0.15, 0.2) is 5.78 Å². The summed E-state index contributed by atoms with van der Waals surface area (Å²) in [6.45, 7) is 3.72. The quantitative estimate of drug-likeness (QED) is 0.291. The maximum Gasteiger partial charge on any atom is 0.356 e. The number of likely N-dealkylation sites (tertiary alicyclic amines) is 1. The molecule has 4 atom stereocenters. The second-order valence-electron chi connectivity index (χ2n) is 10.4. The average Bonchev–Trinajstić information content (AvgIpc) is 3.32. The molecule has 4 rings (SSSR count). The van der Waals surface area contributed by atoms with Gasteiger partial charge in [0.25, 0.3) is 5.91 Å². The van der Waals surface area contributed by atoms with E-state index in [1.807, 2.05) is 32.0 Å². The molecule has 0 spiro atoms. The molecule has 11 heteroatoms. The molecule has 10 nitrogen and oxygen atoms in total. The van der Waals surface area contributed by atoms with E-state index in [1.165, 1.54) is 7.11 Å². The highest BCUT2D eigenvalue weighted by atomic mass is 32.2. The summed E-state index contributed by atoms with van der Waals surface area (Å²) in [6, 6.07) is 14.9. The van der Waals surface area contributed by atoms with Gasteiger partial charge in [-0.1, -0.05) is 42.5 Å². The van der Waals surface area contributed by atoms with Crippen LogP contribution in [0, 0.1) is 0 Å². The summed E-state index contributed by atoms with van der Waals surface area (Å²) in [5, 5.41) is 12.6. The molecule has 2 aromatic rings. The molecule has 2 saturated heterocycles. The molecule has 40 heavy (non-hydrogen) atoms. The van der Waals surface area contributed by atoms with Crippen molar-refractivity contribution in [1.82, 2.24) is 10.2 Å². The van der Waals surface area contributed by atoms with Crippen LogP contribution in [0.25, 0.3) is 0 Å². The standard InChI is InChI=1S/C29H34N2O8S/c1-29(2)14-13-22(39-29)21(32)17-40-27-24(30-23(33)15-18-7-5-4-6-8-18)25(34)31(27)26(35)28(36)38-16-19-9-11-20(37-3)12-10-19/h4-12,22,24,26-27,35H,13-17H2,1-3H3,(H,30,33)/t22-,24+,26?,27+/m0/s1. The van der Waals surface area contributed by atoms with E-state index in [1.54, 1.807) is 36.4 Å². The monoisotopic (exact) mass is 570 g/mol. The topological polar surface area (TPSA) is 131 Å². The molecule has 2 N–H and O–H groups in total. The fourth-order valence-corrected chi connectivity index (χ4v) is 5.87. The number of esters is 1. The zero-order valence-electron chi connectivity index (χ0n) is 22.7. The predicted octanol–water partition coefficient (Wildman–Crippen LogP) is 2.21. The van der Waals surface area contributed by atoms with Crippen molar-refractivity contribution in [3.8, 4) is 5.75 Å². The Kier molecular flexibility index (Phi) is 9.49. The van der Waals surface area contributed by atoms with Gasteiger partial charge in [-0.15, -0.1) is 11.8 Å². The Bertz CT molecular complexity index is 1220. The largest absolute Gasteiger partial charge is 0.497 e. The van der Waals surface area contributed by atoms with Crippen LogP contribution in [-0.2, 0) is 41.7 Å². The summed E-state index contributed by atoms with van der Waals surface area (Å²) in [5.74, 6) is -1.58. The zero-order valence-corrected chi connectivity index (χ0v) is 23.5. The number of hydrogen-bond donors (Lipinski definition) is 2. The van der Waals surface area contributed by atoms with Gasteiger partial charge in [-0.2, -0.15) is 0 Å². The molecule has 0 aromatic heterocycles. The average molecular weight is 571 g/mol. The number of Topliss-reactive ketones (excluding diaryl/α,β-unsaturated/α-hetero) is 1. The number of carbonyl (C=O) groups excluding carboxylic acids is 4. The first kappa shape index (κ1) is 29.6. The Balaban J connectivity index is 1.40. The number of ketones is 1. The number of methoxy groups -OCH3 is 1. The Morgan fingerprint density at radius 2 is 1.82 bits per heavy atom. The van der Waals surface area contributed by atoms with Gasteiger partial charge in [-0.05, 0) is 49.9 Å². The van der Waals surface area contributed by atoms with Gasteiger partial charge in [-0.25, -0.2) is 4.79 Å². The highest BCUT2D eigenvalue weighted by Gasteiger charge is 2.53. The molecule has 2 aliphatic heterocycles. The van der Waals surface area contributed by atoms with Crippen LogP contribution in [0.3, 0.4) is 0 Å². The number of nitrogens with one attached hydrogen (secondary N) is 1. The number of thioether (sulfide) groups is 1. The van der Waals surface area contributed by atoms with E-state index < -0.39 is 41.5 Å². The van der Waals surface area contributed by atoms with Gasteiger partial charge in [-0.3, -0.25) is 19.3 Å². The number of benzene rings is 2. The number of aliphatic hydroxyl groups is 1. The molecule has 2 fully saturated rings. The first-order valence-electron chi connectivity index (χ1n) is 13.0. The Morgan fingerprint density at radius 1 is 1.12 bits per heavy atom. The van der Waals surface area contributed by atoms with Crippen molar-refractivity contribution in [1.29, 1.82) is 0 Å². The van der Waals surface area contributed by atoms with Crippen molar-refractivity contribution in [2.45, 2.75) is 69.1 Å². The number of carbonyl (C=O) groups is 4. The first-order valence-corrected chi connectivity index (χ1v) is 14.1. The lowest BCUT2D eigenvalue weighted by Crippen LogP contribution is -2.73. The van der Waals surface area contributed by atoms with Crippen molar-refractivity contribution in [3.05, 3.63) is 65.7 Å². The third kappa shape index (κ3) is 7.21. The third-order valence-corrected chi connectivity index (χ3v) is 8.14. The van der Waals surface area contributed by atoms with E-state index in [0.29, 0.717) is 17.7 Å². The number of hydrogen-bond acceptors (Lipinski definition) is 9. The SMILES string of the molecule is COc1ccc(COC(=O)C(O)N2C(=O)[C@@H](NC(=O)Cc3ccccc3)[C@H]2SCC(=O)[C@@H]2CCC(C)(C)O2)cc1. The lowest BCUT2D eigenvalue weighted by Gasteiger charge is -2.47. The first-order chi connectivity index (χ1) is 19.1. The van der Waals surface area contributed by atoms with E-state index in [2.05, 4.69) is 5.32 Å². The zero-order chi connectivity index (χ0) is 28.9. The highest BCUT2D eigenvalue weighted by molar-refractivity contribution is 8.00. The number of nitrogens with zero attached hydrogens (tertiary/aromatic N) is 1. The van der Waals surface area contributed by atoms with Gasteiger partial charge < -0.3 is 24.6 Å². The van der Waals surface area contributed by atoms with Crippen molar-refractivity contribution >= 4 is 35.3 Å². The van der Waals surface area contributed by atoms with Crippen LogP contribution in [0.1, 0.15) is 37.8 Å². The minimum Gasteiger partial charge on any atom is -0.497 e. The number of aliphatic hydroxyl groups excluding tert-OH is 1.